The lowest BCUT2D eigenvalue weighted by atomic mass is 9.94. The summed E-state index contributed by atoms with van der Waals surface area (Å²) >= 11 is 0. The van der Waals surface area contributed by atoms with E-state index in [-0.39, 0.29) is 0 Å². The highest BCUT2D eigenvalue weighted by atomic mass is 16.3. The number of rotatable bonds is 5. The summed E-state index contributed by atoms with van der Waals surface area (Å²) in [7, 11) is 0. The Bertz CT molecular complexity index is 3200. The number of hydrogen-bond donors (Lipinski definition) is 0. The largest absolute Gasteiger partial charge is 0.456 e. The number of furan rings is 1. The predicted molar refractivity (Wildman–Crippen MR) is 229 cm³/mol. The second-order valence-corrected chi connectivity index (χ2v) is 14.1. The Labute approximate surface area is 312 Å². The van der Waals surface area contributed by atoms with E-state index < -0.39 is 0 Å². The quantitative estimate of drug-likeness (QED) is 0.168. The highest BCUT2D eigenvalue weighted by Crippen LogP contribution is 2.41. The molecule has 252 valence electrons. The van der Waals surface area contributed by atoms with E-state index in [2.05, 4.69) is 193 Å². The van der Waals surface area contributed by atoms with Crippen molar-refractivity contribution in [1.29, 1.82) is 0 Å². The van der Waals surface area contributed by atoms with Crippen LogP contribution in [-0.2, 0) is 0 Å². The summed E-state index contributed by atoms with van der Waals surface area (Å²) in [6.07, 6.45) is 0. The van der Waals surface area contributed by atoms with Crippen molar-refractivity contribution in [3.05, 3.63) is 200 Å². The first kappa shape index (κ1) is 30.5. The molecular weight excluding hydrogens is 655 g/mol. The lowest BCUT2D eigenvalue weighted by Crippen LogP contribution is -2.09. The van der Waals surface area contributed by atoms with Gasteiger partial charge in [-0.05, 0) is 120 Å². The average Bonchev–Trinajstić information content (AvgIpc) is 3.62. The van der Waals surface area contributed by atoms with Gasteiger partial charge in [0.15, 0.2) is 0 Å². The molecule has 54 heavy (non-hydrogen) atoms. The maximum absolute atomic E-state index is 6.22. The summed E-state index contributed by atoms with van der Waals surface area (Å²) in [5.41, 5.74) is 9.84. The van der Waals surface area contributed by atoms with Gasteiger partial charge < -0.3 is 9.32 Å². The van der Waals surface area contributed by atoms with Gasteiger partial charge in [0, 0.05) is 27.8 Å². The second-order valence-electron chi connectivity index (χ2n) is 14.1. The van der Waals surface area contributed by atoms with Crippen LogP contribution in [0.5, 0.6) is 0 Å². The molecule has 1 heterocycles. The Morgan fingerprint density at radius 2 is 0.852 bits per heavy atom. The van der Waals surface area contributed by atoms with Crippen molar-refractivity contribution in [3.63, 3.8) is 0 Å². The first-order valence-corrected chi connectivity index (χ1v) is 18.5. The lowest BCUT2D eigenvalue weighted by Gasteiger charge is -2.26. The molecule has 2 heteroatoms. The molecule has 0 aliphatic heterocycles. The van der Waals surface area contributed by atoms with Gasteiger partial charge in [-0.1, -0.05) is 146 Å². The van der Waals surface area contributed by atoms with E-state index in [9.17, 15) is 0 Å². The standard InChI is InChI=1S/C52H33NO/c1-3-11-44-35(8-1)10-7-14-45(44)37-22-27-42(28-23-37)53(43-29-31-51-49(33-43)48-13-5-6-15-50(48)54-51)41-25-20-34(21-26-41)39-24-30-47-40(32-39)19-18-38-17-16-36-9-2-4-12-46(36)52(38)47/h1-33H. The van der Waals surface area contributed by atoms with Gasteiger partial charge in [-0.3, -0.25) is 0 Å². The van der Waals surface area contributed by atoms with Gasteiger partial charge in [-0.15, -0.1) is 0 Å². The Balaban J connectivity index is 1.01. The second kappa shape index (κ2) is 12.2. The maximum Gasteiger partial charge on any atom is 0.135 e. The molecule has 0 atom stereocenters. The van der Waals surface area contributed by atoms with Crippen molar-refractivity contribution in [2.24, 2.45) is 0 Å². The first-order chi connectivity index (χ1) is 26.7. The van der Waals surface area contributed by atoms with Crippen LogP contribution in [0.2, 0.25) is 0 Å². The fraction of sp³-hybridized carbons (Fsp3) is 0. The van der Waals surface area contributed by atoms with E-state index in [1.165, 1.54) is 65.3 Å². The molecular formula is C52H33NO. The molecule has 0 saturated carbocycles. The monoisotopic (exact) mass is 687 g/mol. The fourth-order valence-electron chi connectivity index (χ4n) is 8.39. The number of para-hydroxylation sites is 1. The third kappa shape index (κ3) is 4.96. The van der Waals surface area contributed by atoms with Crippen molar-refractivity contribution in [1.82, 2.24) is 0 Å². The number of hydrogen-bond acceptors (Lipinski definition) is 2. The van der Waals surface area contributed by atoms with Crippen LogP contribution in [0.25, 0.3) is 87.3 Å². The Morgan fingerprint density at radius 1 is 0.296 bits per heavy atom. The number of nitrogens with zero attached hydrogens (tertiary/aromatic N) is 1. The molecule has 10 aromatic carbocycles. The molecule has 0 N–H and O–H groups in total. The summed E-state index contributed by atoms with van der Waals surface area (Å²) in [5, 5.41) is 12.4. The molecule has 0 spiro atoms. The van der Waals surface area contributed by atoms with Crippen LogP contribution in [-0.4, -0.2) is 0 Å². The molecule has 11 aromatic rings. The molecule has 0 unspecified atom stereocenters. The van der Waals surface area contributed by atoms with Gasteiger partial charge in [0.2, 0.25) is 0 Å². The smallest absolute Gasteiger partial charge is 0.135 e. The minimum atomic E-state index is 0.888. The predicted octanol–water partition coefficient (Wildman–Crippen LogP) is 15.0. The Hall–Kier alpha value is -7.16. The van der Waals surface area contributed by atoms with Crippen molar-refractivity contribution < 1.29 is 4.42 Å². The minimum absolute atomic E-state index is 0.888. The van der Waals surface area contributed by atoms with E-state index >= 15 is 0 Å². The Kier molecular flexibility index (Phi) is 6.90. The zero-order valence-electron chi connectivity index (χ0n) is 29.4. The summed E-state index contributed by atoms with van der Waals surface area (Å²) in [4.78, 5) is 2.34. The van der Waals surface area contributed by atoms with E-state index in [0.717, 1.165) is 39.0 Å². The van der Waals surface area contributed by atoms with Gasteiger partial charge in [0.25, 0.3) is 0 Å². The highest BCUT2D eigenvalue weighted by Gasteiger charge is 2.17. The normalized spacial score (nSPS) is 11.7. The molecule has 0 aliphatic rings. The van der Waals surface area contributed by atoms with Gasteiger partial charge in [-0.2, -0.15) is 0 Å². The van der Waals surface area contributed by atoms with Crippen LogP contribution in [0.3, 0.4) is 0 Å². The maximum atomic E-state index is 6.22. The molecule has 1 aromatic heterocycles. The van der Waals surface area contributed by atoms with Gasteiger partial charge in [-0.25, -0.2) is 0 Å². The zero-order valence-corrected chi connectivity index (χ0v) is 29.4. The summed E-state index contributed by atoms with van der Waals surface area (Å²) in [6, 6.07) is 72.4. The summed E-state index contributed by atoms with van der Waals surface area (Å²) < 4.78 is 6.22. The van der Waals surface area contributed by atoms with Crippen LogP contribution >= 0.6 is 0 Å². The molecule has 0 radical (unpaired) electrons. The third-order valence-electron chi connectivity index (χ3n) is 11.0. The van der Waals surface area contributed by atoms with Crippen molar-refractivity contribution in [3.8, 4) is 22.3 Å². The van der Waals surface area contributed by atoms with E-state index in [4.69, 9.17) is 4.42 Å². The van der Waals surface area contributed by atoms with Crippen LogP contribution in [0.4, 0.5) is 17.1 Å². The molecule has 0 fully saturated rings. The van der Waals surface area contributed by atoms with Crippen molar-refractivity contribution in [2.45, 2.75) is 0 Å². The van der Waals surface area contributed by atoms with Crippen molar-refractivity contribution in [2.75, 3.05) is 4.90 Å². The fourth-order valence-corrected chi connectivity index (χ4v) is 8.39. The van der Waals surface area contributed by atoms with E-state index in [0.29, 0.717) is 0 Å². The average molecular weight is 688 g/mol. The summed E-state index contributed by atoms with van der Waals surface area (Å²) in [6.45, 7) is 0. The van der Waals surface area contributed by atoms with E-state index in [1.807, 2.05) is 12.1 Å². The lowest BCUT2D eigenvalue weighted by molar-refractivity contribution is 0.669. The zero-order chi connectivity index (χ0) is 35.6. The van der Waals surface area contributed by atoms with Crippen molar-refractivity contribution >= 4 is 82.1 Å². The molecule has 0 bridgehead atoms. The topological polar surface area (TPSA) is 16.4 Å². The number of benzene rings is 10. The molecule has 0 aliphatic carbocycles. The first-order valence-electron chi connectivity index (χ1n) is 18.5. The van der Waals surface area contributed by atoms with Gasteiger partial charge >= 0.3 is 0 Å². The number of fused-ring (bicyclic) bond motifs is 9. The SMILES string of the molecule is c1ccc2c(-c3ccc(N(c4ccc(-c5ccc6c(ccc7ccc8ccccc8c76)c5)cc4)c4ccc5oc6ccccc6c5c4)cc3)cccc2c1. The van der Waals surface area contributed by atoms with Crippen LogP contribution < -0.4 is 4.90 Å². The van der Waals surface area contributed by atoms with Crippen LogP contribution in [0, 0.1) is 0 Å². The number of anilines is 3. The van der Waals surface area contributed by atoms with Gasteiger partial charge in [0.1, 0.15) is 11.2 Å². The minimum Gasteiger partial charge on any atom is -0.456 e. The molecule has 0 saturated heterocycles. The van der Waals surface area contributed by atoms with E-state index in [1.54, 1.807) is 0 Å². The summed E-state index contributed by atoms with van der Waals surface area (Å²) in [5.74, 6) is 0. The molecule has 11 rings (SSSR count). The molecule has 2 nitrogen and oxygen atoms in total. The van der Waals surface area contributed by atoms with Crippen LogP contribution in [0.15, 0.2) is 205 Å². The van der Waals surface area contributed by atoms with Gasteiger partial charge in [0.05, 0.1) is 0 Å². The third-order valence-corrected chi connectivity index (χ3v) is 11.0. The molecule has 0 amide bonds. The Morgan fingerprint density at radius 3 is 1.65 bits per heavy atom. The van der Waals surface area contributed by atoms with Crippen LogP contribution in [0.1, 0.15) is 0 Å². The highest BCUT2D eigenvalue weighted by molar-refractivity contribution is 6.20.